The van der Waals surface area contributed by atoms with Crippen molar-refractivity contribution in [1.82, 2.24) is 5.32 Å². The average molecular weight is 324 g/mol. The molecule has 2 amide bonds. The van der Waals surface area contributed by atoms with Gasteiger partial charge in [0.15, 0.2) is 6.61 Å². The molecule has 2 aromatic carbocycles. The smallest absolute Gasteiger partial charge is 0.265 e. The van der Waals surface area contributed by atoms with Gasteiger partial charge >= 0.3 is 0 Å². The minimum atomic E-state index is -0.0709. The van der Waals surface area contributed by atoms with Gasteiger partial charge in [-0.2, -0.15) is 0 Å². The van der Waals surface area contributed by atoms with Crippen LogP contribution in [-0.4, -0.2) is 25.0 Å². The highest BCUT2D eigenvalue weighted by atomic mass is 16.5. The first-order valence-electron chi connectivity index (χ1n) is 8.07. The Balaban J connectivity index is 1.48. The molecule has 0 fully saturated rings. The van der Waals surface area contributed by atoms with Crippen molar-refractivity contribution in [2.24, 2.45) is 0 Å². The molecule has 1 heterocycles. The number of anilines is 1. The van der Waals surface area contributed by atoms with Crippen molar-refractivity contribution in [2.45, 2.75) is 19.4 Å². The van der Waals surface area contributed by atoms with E-state index < -0.39 is 0 Å². The van der Waals surface area contributed by atoms with E-state index in [0.29, 0.717) is 31.7 Å². The molecule has 5 heteroatoms. The maximum atomic E-state index is 12.0. The second kappa shape index (κ2) is 7.64. The monoisotopic (exact) mass is 324 g/mol. The van der Waals surface area contributed by atoms with Crippen molar-refractivity contribution >= 4 is 17.5 Å². The number of carbonyl (C=O) groups is 2. The van der Waals surface area contributed by atoms with E-state index in [1.165, 1.54) is 0 Å². The first-order chi connectivity index (χ1) is 11.7. The summed E-state index contributed by atoms with van der Waals surface area (Å²) in [5, 5.41) is 2.90. The summed E-state index contributed by atoms with van der Waals surface area (Å²) in [5.74, 6) is 0.636. The van der Waals surface area contributed by atoms with Crippen LogP contribution in [0, 0.1) is 0 Å². The number of carbonyl (C=O) groups excluding carboxylic acids is 2. The lowest BCUT2D eigenvalue weighted by Gasteiger charge is -2.29. The molecule has 0 atom stereocenters. The third-order valence-corrected chi connectivity index (χ3v) is 3.93. The van der Waals surface area contributed by atoms with Crippen LogP contribution >= 0.6 is 0 Å². The Hall–Kier alpha value is -2.82. The standard InChI is InChI=1S/C19H20N2O3/c22-18(20-13-15-7-2-1-3-8-15)11-6-12-21-16-9-4-5-10-17(16)24-14-19(21)23/h1-5,7-10H,6,11-14H2,(H,20,22). The summed E-state index contributed by atoms with van der Waals surface area (Å²) in [6, 6.07) is 17.3. The Labute approximate surface area is 141 Å². The van der Waals surface area contributed by atoms with Crippen molar-refractivity contribution in [3.8, 4) is 5.75 Å². The van der Waals surface area contributed by atoms with E-state index in [4.69, 9.17) is 4.74 Å². The number of nitrogens with zero attached hydrogens (tertiary/aromatic N) is 1. The Morgan fingerprint density at radius 1 is 1.08 bits per heavy atom. The number of nitrogens with one attached hydrogen (secondary N) is 1. The van der Waals surface area contributed by atoms with Crippen LogP contribution in [-0.2, 0) is 16.1 Å². The molecule has 1 aliphatic rings. The molecule has 2 aromatic rings. The average Bonchev–Trinajstić information content (AvgIpc) is 2.63. The fourth-order valence-corrected chi connectivity index (χ4v) is 2.68. The zero-order valence-corrected chi connectivity index (χ0v) is 13.4. The van der Waals surface area contributed by atoms with E-state index >= 15 is 0 Å². The van der Waals surface area contributed by atoms with Crippen molar-refractivity contribution in [3.63, 3.8) is 0 Å². The van der Waals surface area contributed by atoms with E-state index in [0.717, 1.165) is 11.3 Å². The van der Waals surface area contributed by atoms with Gasteiger partial charge in [-0.1, -0.05) is 42.5 Å². The van der Waals surface area contributed by atoms with Gasteiger partial charge in [0.05, 0.1) is 5.69 Å². The van der Waals surface area contributed by atoms with Crippen LogP contribution in [0.1, 0.15) is 18.4 Å². The predicted molar refractivity (Wildman–Crippen MR) is 91.8 cm³/mol. The summed E-state index contributed by atoms with van der Waals surface area (Å²) in [5.41, 5.74) is 1.85. The lowest BCUT2D eigenvalue weighted by molar-refractivity contribution is -0.123. The molecule has 0 unspecified atom stereocenters. The number of benzene rings is 2. The van der Waals surface area contributed by atoms with Crippen molar-refractivity contribution < 1.29 is 14.3 Å². The highest BCUT2D eigenvalue weighted by Crippen LogP contribution is 2.31. The van der Waals surface area contributed by atoms with Gasteiger partial charge in [-0.05, 0) is 24.1 Å². The molecule has 0 aromatic heterocycles. The summed E-state index contributed by atoms with van der Waals surface area (Å²) in [6.45, 7) is 1.09. The molecule has 0 spiro atoms. The van der Waals surface area contributed by atoms with E-state index in [-0.39, 0.29) is 18.4 Å². The molecule has 124 valence electrons. The molecule has 0 bridgehead atoms. The van der Waals surface area contributed by atoms with Gasteiger partial charge < -0.3 is 15.0 Å². The Bertz CT molecular complexity index is 716. The highest BCUT2D eigenvalue weighted by molar-refractivity contribution is 5.97. The lowest BCUT2D eigenvalue weighted by Crippen LogP contribution is -2.39. The number of ether oxygens (including phenoxy) is 1. The van der Waals surface area contributed by atoms with E-state index in [1.807, 2.05) is 54.6 Å². The van der Waals surface area contributed by atoms with Crippen LogP contribution in [0.25, 0.3) is 0 Å². The van der Waals surface area contributed by atoms with Gasteiger partial charge in [-0.3, -0.25) is 9.59 Å². The van der Waals surface area contributed by atoms with Crippen molar-refractivity contribution in [2.75, 3.05) is 18.1 Å². The van der Waals surface area contributed by atoms with Crippen LogP contribution in [0.3, 0.4) is 0 Å². The van der Waals surface area contributed by atoms with E-state index in [1.54, 1.807) is 4.90 Å². The number of fused-ring (bicyclic) bond motifs is 1. The fourth-order valence-electron chi connectivity index (χ4n) is 2.68. The van der Waals surface area contributed by atoms with Gasteiger partial charge in [0.25, 0.3) is 5.91 Å². The summed E-state index contributed by atoms with van der Waals surface area (Å²) in [7, 11) is 0. The van der Waals surface area contributed by atoms with Crippen molar-refractivity contribution in [3.05, 3.63) is 60.2 Å². The normalized spacial score (nSPS) is 13.2. The maximum absolute atomic E-state index is 12.0. The largest absolute Gasteiger partial charge is 0.482 e. The topological polar surface area (TPSA) is 58.6 Å². The van der Waals surface area contributed by atoms with Crippen LogP contribution in [0.4, 0.5) is 5.69 Å². The molecule has 0 aliphatic carbocycles. The predicted octanol–water partition coefficient (Wildman–Crippen LogP) is 2.51. The molecule has 0 radical (unpaired) electrons. The Kier molecular flexibility index (Phi) is 5.11. The van der Waals surface area contributed by atoms with Crippen LogP contribution in [0.15, 0.2) is 54.6 Å². The Morgan fingerprint density at radius 3 is 2.67 bits per heavy atom. The van der Waals surface area contributed by atoms with E-state index in [2.05, 4.69) is 5.32 Å². The zero-order valence-electron chi connectivity index (χ0n) is 13.4. The third kappa shape index (κ3) is 3.93. The molecule has 1 N–H and O–H groups in total. The first kappa shape index (κ1) is 16.1. The number of amides is 2. The second-order valence-corrected chi connectivity index (χ2v) is 5.67. The molecule has 5 nitrogen and oxygen atoms in total. The number of hydrogen-bond donors (Lipinski definition) is 1. The van der Waals surface area contributed by atoms with Gasteiger partial charge in [-0.15, -0.1) is 0 Å². The van der Waals surface area contributed by atoms with Gasteiger partial charge in [0, 0.05) is 19.5 Å². The summed E-state index contributed by atoms with van der Waals surface area (Å²) in [6.07, 6.45) is 1.00. The molecule has 1 aliphatic heterocycles. The summed E-state index contributed by atoms with van der Waals surface area (Å²) in [4.78, 5) is 25.7. The maximum Gasteiger partial charge on any atom is 0.265 e. The second-order valence-electron chi connectivity index (χ2n) is 5.67. The fraction of sp³-hybridized carbons (Fsp3) is 0.263. The number of para-hydroxylation sites is 2. The van der Waals surface area contributed by atoms with Gasteiger partial charge in [-0.25, -0.2) is 0 Å². The molecular weight excluding hydrogens is 304 g/mol. The van der Waals surface area contributed by atoms with Gasteiger partial charge in [0.2, 0.25) is 5.91 Å². The van der Waals surface area contributed by atoms with Crippen LogP contribution in [0.5, 0.6) is 5.75 Å². The Morgan fingerprint density at radius 2 is 1.83 bits per heavy atom. The van der Waals surface area contributed by atoms with Crippen LogP contribution < -0.4 is 15.0 Å². The third-order valence-electron chi connectivity index (χ3n) is 3.93. The summed E-state index contributed by atoms with van der Waals surface area (Å²) < 4.78 is 5.41. The van der Waals surface area contributed by atoms with Crippen molar-refractivity contribution in [1.29, 1.82) is 0 Å². The van der Waals surface area contributed by atoms with Crippen LogP contribution in [0.2, 0.25) is 0 Å². The quantitative estimate of drug-likeness (QED) is 0.888. The van der Waals surface area contributed by atoms with E-state index in [9.17, 15) is 9.59 Å². The summed E-state index contributed by atoms with van der Waals surface area (Å²) >= 11 is 0. The number of hydrogen-bond acceptors (Lipinski definition) is 3. The molecule has 0 saturated carbocycles. The highest BCUT2D eigenvalue weighted by Gasteiger charge is 2.24. The molecule has 0 saturated heterocycles. The molecule has 3 rings (SSSR count). The first-order valence-corrected chi connectivity index (χ1v) is 8.07. The molecular formula is C19H20N2O3. The minimum Gasteiger partial charge on any atom is -0.482 e. The SMILES string of the molecule is O=C(CCCN1C(=O)COc2ccccc21)NCc1ccccc1. The number of rotatable bonds is 6. The minimum absolute atomic E-state index is 0.00662. The zero-order chi connectivity index (χ0) is 16.8. The lowest BCUT2D eigenvalue weighted by atomic mass is 10.2. The molecule has 24 heavy (non-hydrogen) atoms. The van der Waals surface area contributed by atoms with Gasteiger partial charge in [0.1, 0.15) is 5.75 Å².